The summed E-state index contributed by atoms with van der Waals surface area (Å²) in [5, 5.41) is 0. The number of rotatable bonds is 18. The fourth-order valence-electron chi connectivity index (χ4n) is 6.77. The molecule has 9 heteroatoms. The van der Waals surface area contributed by atoms with Gasteiger partial charge in [-0.1, -0.05) is 182 Å². The molecule has 0 aromatic heterocycles. The number of ketones is 1. The summed E-state index contributed by atoms with van der Waals surface area (Å²) < 4.78 is 42.8. The predicted octanol–water partition coefficient (Wildman–Crippen LogP) is 16.3. The summed E-state index contributed by atoms with van der Waals surface area (Å²) in [6, 6.07) is 42.7. The van der Waals surface area contributed by atoms with Crippen molar-refractivity contribution in [2.24, 2.45) is 5.92 Å². The van der Waals surface area contributed by atoms with Crippen LogP contribution in [-0.4, -0.2) is 84.6 Å². The van der Waals surface area contributed by atoms with Gasteiger partial charge in [0.05, 0.1) is 26.4 Å². The minimum Gasteiger partial charge on any atom is -0.493 e. The quantitative estimate of drug-likeness (QED) is 0.0794. The van der Waals surface area contributed by atoms with E-state index < -0.39 is 0 Å². The van der Waals surface area contributed by atoms with Gasteiger partial charge in [0.1, 0.15) is 66.9 Å². The molecule has 9 rings (SSSR count). The molecule has 3 heterocycles. The Morgan fingerprint density at radius 1 is 0.421 bits per heavy atom. The third kappa shape index (κ3) is 28.8. The molecule has 422 valence electrons. The van der Waals surface area contributed by atoms with E-state index in [1.807, 2.05) is 24.3 Å². The zero-order valence-electron chi connectivity index (χ0n) is 49.9. The highest BCUT2D eigenvalue weighted by molar-refractivity contribution is 5.72. The first-order chi connectivity index (χ1) is 36.5. The van der Waals surface area contributed by atoms with Gasteiger partial charge in [0.15, 0.2) is 0 Å². The maximum Gasteiger partial charge on any atom is 0.126 e. The molecule has 3 saturated heterocycles. The van der Waals surface area contributed by atoms with Crippen molar-refractivity contribution in [2.75, 3.05) is 60.5 Å². The number of epoxide rings is 3. The number of ether oxygens (including phenoxy) is 8. The van der Waals surface area contributed by atoms with Gasteiger partial charge < -0.3 is 42.7 Å². The molecule has 4 fully saturated rings. The highest BCUT2D eigenvalue weighted by Gasteiger charge is 2.28. The molecule has 5 aromatic carbocycles. The van der Waals surface area contributed by atoms with E-state index in [9.17, 15) is 4.79 Å². The molecule has 9 nitrogen and oxygen atoms in total. The monoisotopic (exact) mass is 1050 g/mol. The summed E-state index contributed by atoms with van der Waals surface area (Å²) in [5.41, 5.74) is 7.53. The predicted molar refractivity (Wildman–Crippen MR) is 316 cm³/mol. The zero-order chi connectivity index (χ0) is 56.4. The Morgan fingerprint density at radius 3 is 0.829 bits per heavy atom. The fourth-order valence-corrected chi connectivity index (χ4v) is 6.77. The number of hydrogen-bond acceptors (Lipinski definition) is 9. The Hall–Kier alpha value is -5.19. The second-order valence-corrected chi connectivity index (χ2v) is 21.0. The van der Waals surface area contributed by atoms with Crippen molar-refractivity contribution in [3.63, 3.8) is 0 Å². The molecule has 4 aliphatic rings. The molecule has 0 radical (unpaired) electrons. The average Bonchev–Trinajstić information content (AvgIpc) is 4.17. The zero-order valence-corrected chi connectivity index (χ0v) is 49.9. The Balaban J connectivity index is 0.000000404. The van der Waals surface area contributed by atoms with Gasteiger partial charge in [-0.15, -0.1) is 0 Å². The normalized spacial score (nSPS) is 16.1. The third-order valence-electron chi connectivity index (χ3n) is 11.4. The summed E-state index contributed by atoms with van der Waals surface area (Å²) >= 11 is 0. The summed E-state index contributed by atoms with van der Waals surface area (Å²) in [4.78, 5) is 9.44. The van der Waals surface area contributed by atoms with Crippen molar-refractivity contribution < 1.29 is 42.7 Å². The molecule has 0 N–H and O–H groups in total. The van der Waals surface area contributed by atoms with Crippen LogP contribution in [0.25, 0.3) is 0 Å². The van der Waals surface area contributed by atoms with Gasteiger partial charge in [0.2, 0.25) is 0 Å². The molecule has 76 heavy (non-hydrogen) atoms. The SMILES string of the molecule is CC(C)(c1ccc(OCC2CC2)cc1)c1ccc(C(C)(C)c2ccc(OCC3CO3)cc2)cc1.CC(C)=O.CCC.CCC.CCC.CCC.COC.c1cc(OCC2CO2)ccc1Cc1ccc(OCC2CO2)cc1. The van der Waals surface area contributed by atoms with E-state index in [1.54, 1.807) is 14.2 Å². The number of benzene rings is 5. The van der Waals surface area contributed by atoms with E-state index in [0.29, 0.717) is 32.0 Å². The summed E-state index contributed by atoms with van der Waals surface area (Å²) in [6.45, 7) is 34.4. The van der Waals surface area contributed by atoms with Crippen molar-refractivity contribution in [1.82, 2.24) is 0 Å². The van der Waals surface area contributed by atoms with Gasteiger partial charge in [0.25, 0.3) is 0 Å². The smallest absolute Gasteiger partial charge is 0.126 e. The molecule has 0 spiro atoms. The third-order valence-corrected chi connectivity index (χ3v) is 11.4. The van der Waals surface area contributed by atoms with Crippen molar-refractivity contribution in [3.8, 4) is 23.0 Å². The molecule has 5 aromatic rings. The van der Waals surface area contributed by atoms with Crippen LogP contribution in [0.1, 0.15) is 169 Å². The van der Waals surface area contributed by atoms with E-state index in [0.717, 1.165) is 61.8 Å². The maximum atomic E-state index is 9.44. The lowest BCUT2D eigenvalue weighted by Crippen LogP contribution is -2.21. The molecule has 3 aliphatic heterocycles. The number of methoxy groups -OCH3 is 1. The lowest BCUT2D eigenvalue weighted by molar-refractivity contribution is -0.115. The maximum absolute atomic E-state index is 9.44. The Labute approximate surface area is 461 Å². The van der Waals surface area contributed by atoms with E-state index in [1.165, 1.54) is 85.8 Å². The van der Waals surface area contributed by atoms with Crippen LogP contribution < -0.4 is 18.9 Å². The fraction of sp³-hybridized carbons (Fsp3) is 0.537. The van der Waals surface area contributed by atoms with Crippen molar-refractivity contribution in [2.45, 2.75) is 171 Å². The Morgan fingerprint density at radius 2 is 0.618 bits per heavy atom. The van der Waals surface area contributed by atoms with Crippen LogP contribution in [0.15, 0.2) is 121 Å². The van der Waals surface area contributed by atoms with Gasteiger partial charge in [-0.05, 0) is 121 Å². The molecule has 0 amide bonds. The highest BCUT2D eigenvalue weighted by Crippen LogP contribution is 2.37. The Bertz CT molecular complexity index is 2040. The molecule has 1 aliphatic carbocycles. The number of carbonyl (C=O) groups excluding carboxylic acids is 1. The first kappa shape index (κ1) is 66.9. The highest BCUT2D eigenvalue weighted by atomic mass is 16.6. The molecule has 0 bridgehead atoms. The molecular formula is C67H100O9. The van der Waals surface area contributed by atoms with E-state index in [-0.39, 0.29) is 22.7 Å². The average molecular weight is 1050 g/mol. The molecule has 1 saturated carbocycles. The minimum absolute atomic E-state index is 0.0814. The van der Waals surface area contributed by atoms with Gasteiger partial charge >= 0.3 is 0 Å². The van der Waals surface area contributed by atoms with Crippen LogP contribution in [0.5, 0.6) is 23.0 Å². The van der Waals surface area contributed by atoms with Crippen LogP contribution in [0.3, 0.4) is 0 Å². The first-order valence-electron chi connectivity index (χ1n) is 28.2. The van der Waals surface area contributed by atoms with E-state index in [4.69, 9.17) is 33.2 Å². The van der Waals surface area contributed by atoms with Crippen molar-refractivity contribution in [1.29, 1.82) is 0 Å². The minimum atomic E-state index is -0.0959. The van der Waals surface area contributed by atoms with Gasteiger partial charge in [0, 0.05) is 25.0 Å². The summed E-state index contributed by atoms with van der Waals surface area (Å²) in [6.07, 6.45) is 9.39. The van der Waals surface area contributed by atoms with E-state index >= 15 is 0 Å². The van der Waals surface area contributed by atoms with Crippen LogP contribution >= 0.6 is 0 Å². The largest absolute Gasteiger partial charge is 0.493 e. The number of carbonyl (C=O) groups is 1. The van der Waals surface area contributed by atoms with Crippen molar-refractivity contribution in [3.05, 3.63) is 155 Å². The first-order valence-corrected chi connectivity index (χ1v) is 28.2. The lowest BCUT2D eigenvalue weighted by Gasteiger charge is -2.29. The van der Waals surface area contributed by atoms with Crippen LogP contribution in [0, 0.1) is 5.92 Å². The topological polar surface area (TPSA) is 101 Å². The van der Waals surface area contributed by atoms with Crippen LogP contribution in [-0.2, 0) is 41.0 Å². The lowest BCUT2D eigenvalue weighted by atomic mass is 9.74. The van der Waals surface area contributed by atoms with Gasteiger partial charge in [-0.2, -0.15) is 0 Å². The second-order valence-electron chi connectivity index (χ2n) is 21.0. The molecule has 3 unspecified atom stereocenters. The standard InChI is InChI=1S/C31H36O3.C19H20O4.C3H6O.4C3H8.C2H6O/c1-30(2,25-11-15-27(16-12-25)32-19-22-5-6-22)23-7-9-24(10-8-23)31(3,4)26-13-17-28(18-14-26)33-20-29-21-34-29;1-5-16(20-10-18-12-22-18)6-2-14(1)9-15-3-7-17(8-4-15)21-11-19-13-23-19;1-3(2)4;5*1-3-2/h7-18,22,29H,5-6,19-21H2,1-4H3;1-8,18-19H,9-13H2;1-2H3;4*3H2,1-2H3;1-2H3. The van der Waals surface area contributed by atoms with Gasteiger partial charge in [-0.3, -0.25) is 0 Å². The molecular weight excluding hydrogens is 949 g/mol. The number of hydrogen-bond donors (Lipinski definition) is 0. The van der Waals surface area contributed by atoms with E-state index in [2.05, 4.69) is 185 Å². The van der Waals surface area contributed by atoms with Crippen LogP contribution in [0.2, 0.25) is 0 Å². The summed E-state index contributed by atoms with van der Waals surface area (Å²) in [5.74, 6) is 4.61. The van der Waals surface area contributed by atoms with Crippen molar-refractivity contribution >= 4 is 5.78 Å². The van der Waals surface area contributed by atoms with Crippen LogP contribution in [0.4, 0.5) is 0 Å². The molecule has 3 atom stereocenters. The second kappa shape index (κ2) is 37.6. The van der Waals surface area contributed by atoms with Gasteiger partial charge in [-0.25, -0.2) is 0 Å². The number of Topliss-reactive ketones (excluding diaryl/α,β-unsaturated/α-hetero) is 1. The summed E-state index contributed by atoms with van der Waals surface area (Å²) in [7, 11) is 3.25. The Kier molecular flexibility index (Phi) is 33.1.